The maximum absolute atomic E-state index is 6.05. The molecule has 0 saturated heterocycles. The molecule has 0 atom stereocenters. The molecule has 13 heavy (non-hydrogen) atoms. The quantitative estimate of drug-likeness (QED) is 0.720. The van der Waals surface area contributed by atoms with E-state index in [1.165, 1.54) is 18.4 Å². The predicted octanol–water partition coefficient (Wildman–Crippen LogP) is 2.12. The predicted molar refractivity (Wildman–Crippen MR) is 53.2 cm³/mol. The Morgan fingerprint density at radius 2 is 2.15 bits per heavy atom. The number of hydrogen-bond acceptors (Lipinski definition) is 2. The van der Waals surface area contributed by atoms with Gasteiger partial charge in [-0.15, -0.1) is 0 Å². The Morgan fingerprint density at radius 3 is 2.62 bits per heavy atom. The molecule has 0 aromatic rings. The molecule has 2 nitrogen and oxygen atoms in total. The zero-order valence-electron chi connectivity index (χ0n) is 8.18. The molecule has 1 saturated carbocycles. The standard InChI is InChI=1S/C11H17NO/c1-13-10-4-2-9(3-5-10)8-11(12)6-7-11/h2,4H,3,5-8,12H2,1H3. The minimum atomic E-state index is 0.157. The van der Waals surface area contributed by atoms with Crippen molar-refractivity contribution in [3.63, 3.8) is 0 Å². The third kappa shape index (κ3) is 2.13. The van der Waals surface area contributed by atoms with E-state index in [0.29, 0.717) is 0 Å². The fraction of sp³-hybridized carbons (Fsp3) is 0.636. The molecule has 0 aliphatic heterocycles. The van der Waals surface area contributed by atoms with E-state index in [-0.39, 0.29) is 5.54 Å². The van der Waals surface area contributed by atoms with Gasteiger partial charge >= 0.3 is 0 Å². The number of ether oxygens (including phenoxy) is 1. The lowest BCUT2D eigenvalue weighted by Crippen LogP contribution is -2.22. The first-order chi connectivity index (χ1) is 6.22. The van der Waals surface area contributed by atoms with Crippen molar-refractivity contribution in [2.24, 2.45) is 5.73 Å². The molecule has 0 amide bonds. The molecule has 0 aromatic carbocycles. The maximum atomic E-state index is 6.05. The first-order valence-electron chi connectivity index (χ1n) is 4.93. The topological polar surface area (TPSA) is 35.2 Å². The second kappa shape index (κ2) is 3.18. The van der Waals surface area contributed by atoms with Crippen LogP contribution in [0.3, 0.4) is 0 Å². The first-order valence-corrected chi connectivity index (χ1v) is 4.93. The summed E-state index contributed by atoms with van der Waals surface area (Å²) in [7, 11) is 1.73. The van der Waals surface area contributed by atoms with Crippen LogP contribution in [0.5, 0.6) is 0 Å². The number of nitrogens with two attached hydrogens (primary N) is 1. The molecule has 0 radical (unpaired) electrons. The number of rotatable bonds is 3. The highest BCUT2D eigenvalue weighted by molar-refractivity contribution is 5.24. The van der Waals surface area contributed by atoms with Gasteiger partial charge in [-0.1, -0.05) is 11.6 Å². The van der Waals surface area contributed by atoms with E-state index in [1.54, 1.807) is 7.11 Å². The zero-order chi connectivity index (χ0) is 9.31. The molecule has 1 fully saturated rings. The highest BCUT2D eigenvalue weighted by Gasteiger charge is 2.38. The van der Waals surface area contributed by atoms with Gasteiger partial charge in [0.05, 0.1) is 12.9 Å². The number of hydrogen-bond donors (Lipinski definition) is 1. The maximum Gasteiger partial charge on any atom is 0.0958 e. The average molecular weight is 179 g/mol. The van der Waals surface area contributed by atoms with E-state index in [9.17, 15) is 0 Å². The van der Waals surface area contributed by atoms with Crippen molar-refractivity contribution in [1.82, 2.24) is 0 Å². The van der Waals surface area contributed by atoms with Gasteiger partial charge < -0.3 is 10.5 Å². The van der Waals surface area contributed by atoms with Gasteiger partial charge in [0.2, 0.25) is 0 Å². The summed E-state index contributed by atoms with van der Waals surface area (Å²) in [6, 6.07) is 0. The van der Waals surface area contributed by atoms with Gasteiger partial charge in [0.25, 0.3) is 0 Å². The molecule has 72 valence electrons. The van der Waals surface area contributed by atoms with Crippen LogP contribution >= 0.6 is 0 Å². The lowest BCUT2D eigenvalue weighted by Gasteiger charge is -2.16. The van der Waals surface area contributed by atoms with Crippen molar-refractivity contribution in [1.29, 1.82) is 0 Å². The summed E-state index contributed by atoms with van der Waals surface area (Å²) in [5.41, 5.74) is 7.70. The SMILES string of the molecule is COC1=CC=C(CC2(N)CC2)CC1. The smallest absolute Gasteiger partial charge is 0.0958 e. The van der Waals surface area contributed by atoms with Crippen molar-refractivity contribution in [3.8, 4) is 0 Å². The van der Waals surface area contributed by atoms with Crippen LogP contribution in [-0.4, -0.2) is 12.6 Å². The normalized spacial score (nSPS) is 24.8. The van der Waals surface area contributed by atoms with E-state index >= 15 is 0 Å². The summed E-state index contributed by atoms with van der Waals surface area (Å²) in [5.74, 6) is 1.09. The van der Waals surface area contributed by atoms with Gasteiger partial charge in [-0.3, -0.25) is 0 Å². The Hall–Kier alpha value is -0.760. The van der Waals surface area contributed by atoms with Gasteiger partial charge in [0.15, 0.2) is 0 Å². The molecular formula is C11H17NO. The molecule has 0 bridgehead atoms. The van der Waals surface area contributed by atoms with Crippen LogP contribution in [0.1, 0.15) is 32.1 Å². The summed E-state index contributed by atoms with van der Waals surface area (Å²) in [6.07, 6.45) is 9.90. The van der Waals surface area contributed by atoms with Gasteiger partial charge in [-0.05, 0) is 31.8 Å². The molecule has 2 aliphatic rings. The molecule has 0 heterocycles. The summed E-state index contributed by atoms with van der Waals surface area (Å²) in [4.78, 5) is 0. The molecule has 2 heteroatoms. The highest BCUT2D eigenvalue weighted by atomic mass is 16.5. The molecule has 0 unspecified atom stereocenters. The van der Waals surface area contributed by atoms with E-state index < -0.39 is 0 Å². The van der Waals surface area contributed by atoms with Crippen molar-refractivity contribution in [3.05, 3.63) is 23.5 Å². The minimum absolute atomic E-state index is 0.157. The van der Waals surface area contributed by atoms with E-state index in [4.69, 9.17) is 10.5 Å². The third-order valence-electron chi connectivity index (χ3n) is 2.93. The van der Waals surface area contributed by atoms with Crippen LogP contribution in [0.4, 0.5) is 0 Å². The van der Waals surface area contributed by atoms with Crippen LogP contribution in [0.25, 0.3) is 0 Å². The second-order valence-corrected chi connectivity index (χ2v) is 4.20. The van der Waals surface area contributed by atoms with E-state index in [1.807, 2.05) is 0 Å². The highest BCUT2D eigenvalue weighted by Crippen LogP contribution is 2.39. The van der Waals surface area contributed by atoms with Crippen molar-refractivity contribution >= 4 is 0 Å². The Labute approximate surface area is 79.5 Å². The first kappa shape index (κ1) is 8.82. The molecule has 2 N–H and O–H groups in total. The molecule has 2 aliphatic carbocycles. The molecular weight excluding hydrogens is 162 g/mol. The Morgan fingerprint density at radius 1 is 1.38 bits per heavy atom. The van der Waals surface area contributed by atoms with Crippen molar-refractivity contribution in [2.75, 3.05) is 7.11 Å². The summed E-state index contributed by atoms with van der Waals surface area (Å²) in [5, 5.41) is 0. The van der Waals surface area contributed by atoms with Crippen molar-refractivity contribution in [2.45, 2.75) is 37.6 Å². The largest absolute Gasteiger partial charge is 0.501 e. The van der Waals surface area contributed by atoms with Crippen LogP contribution in [0, 0.1) is 0 Å². The average Bonchev–Trinajstić information content (AvgIpc) is 2.85. The van der Waals surface area contributed by atoms with E-state index in [2.05, 4.69) is 12.2 Å². The Bertz CT molecular complexity index is 261. The van der Waals surface area contributed by atoms with Crippen LogP contribution < -0.4 is 5.73 Å². The Balaban J connectivity index is 1.94. The van der Waals surface area contributed by atoms with Gasteiger partial charge in [0, 0.05) is 12.0 Å². The van der Waals surface area contributed by atoms with Crippen molar-refractivity contribution < 1.29 is 4.74 Å². The second-order valence-electron chi connectivity index (χ2n) is 4.20. The monoisotopic (exact) mass is 179 g/mol. The minimum Gasteiger partial charge on any atom is -0.501 e. The Kier molecular flexibility index (Phi) is 2.16. The number of methoxy groups -OCH3 is 1. The fourth-order valence-corrected chi connectivity index (χ4v) is 1.77. The summed E-state index contributed by atoms with van der Waals surface area (Å²) in [6.45, 7) is 0. The lowest BCUT2D eigenvalue weighted by atomic mass is 9.96. The molecule has 0 spiro atoms. The third-order valence-corrected chi connectivity index (χ3v) is 2.93. The summed E-state index contributed by atoms with van der Waals surface area (Å²) < 4.78 is 5.17. The summed E-state index contributed by atoms with van der Waals surface area (Å²) >= 11 is 0. The number of allylic oxidation sites excluding steroid dienone is 3. The molecule has 2 rings (SSSR count). The van der Waals surface area contributed by atoms with Crippen LogP contribution in [-0.2, 0) is 4.74 Å². The fourth-order valence-electron chi connectivity index (χ4n) is 1.77. The van der Waals surface area contributed by atoms with E-state index in [0.717, 1.165) is 25.0 Å². The zero-order valence-corrected chi connectivity index (χ0v) is 8.18. The van der Waals surface area contributed by atoms with Gasteiger partial charge in [-0.25, -0.2) is 0 Å². The van der Waals surface area contributed by atoms with Gasteiger partial charge in [0.1, 0.15) is 0 Å². The van der Waals surface area contributed by atoms with Gasteiger partial charge in [-0.2, -0.15) is 0 Å². The van der Waals surface area contributed by atoms with Crippen LogP contribution in [0.15, 0.2) is 23.5 Å². The lowest BCUT2D eigenvalue weighted by molar-refractivity contribution is 0.275. The van der Waals surface area contributed by atoms with Crippen LogP contribution in [0.2, 0.25) is 0 Å². The molecule has 0 aromatic heterocycles.